The van der Waals surface area contributed by atoms with E-state index in [1.54, 1.807) is 14.2 Å². The van der Waals surface area contributed by atoms with Crippen LogP contribution in [0.1, 0.15) is 94.2 Å². The van der Waals surface area contributed by atoms with Crippen LogP contribution in [0.25, 0.3) is 0 Å². The van der Waals surface area contributed by atoms with Crippen LogP contribution < -0.4 is 9.47 Å². The van der Waals surface area contributed by atoms with Crippen LogP contribution >= 0.6 is 0 Å². The number of likely N-dealkylation sites (tertiary alicyclic amines) is 1. The number of esters is 1. The highest BCUT2D eigenvalue weighted by Crippen LogP contribution is 2.43. The number of aliphatic hydroxyl groups is 1. The average molecular weight is 660 g/mol. The van der Waals surface area contributed by atoms with E-state index in [9.17, 15) is 14.7 Å². The van der Waals surface area contributed by atoms with Gasteiger partial charge in [-0.1, -0.05) is 93.1 Å². The van der Waals surface area contributed by atoms with Crippen molar-refractivity contribution < 1.29 is 33.6 Å². The lowest BCUT2D eigenvalue weighted by Gasteiger charge is -2.41. The molecular formula is C40H53NO7. The summed E-state index contributed by atoms with van der Waals surface area (Å²) in [6.45, 7) is 2.55. The van der Waals surface area contributed by atoms with Crippen LogP contribution in [0.3, 0.4) is 0 Å². The van der Waals surface area contributed by atoms with E-state index in [2.05, 4.69) is 12.1 Å². The molecule has 0 radical (unpaired) electrons. The molecule has 0 spiro atoms. The summed E-state index contributed by atoms with van der Waals surface area (Å²) in [5, 5.41) is 10.9. The van der Waals surface area contributed by atoms with Crippen molar-refractivity contribution >= 4 is 11.9 Å². The van der Waals surface area contributed by atoms with E-state index in [-0.39, 0.29) is 18.5 Å². The van der Waals surface area contributed by atoms with E-state index in [0.717, 1.165) is 79.6 Å². The van der Waals surface area contributed by atoms with Gasteiger partial charge < -0.3 is 29.0 Å². The monoisotopic (exact) mass is 659 g/mol. The number of nitrogens with zero attached hydrogens (tertiary/aromatic N) is 1. The van der Waals surface area contributed by atoms with E-state index < -0.39 is 17.2 Å². The number of rotatable bonds is 19. The van der Waals surface area contributed by atoms with Gasteiger partial charge in [0, 0.05) is 25.8 Å². The molecule has 0 aliphatic carbocycles. The summed E-state index contributed by atoms with van der Waals surface area (Å²) in [6, 6.07) is 25.9. The number of methoxy groups -OCH3 is 3. The molecule has 8 heteroatoms. The predicted molar refractivity (Wildman–Crippen MR) is 187 cm³/mol. The minimum absolute atomic E-state index is 0.0552. The van der Waals surface area contributed by atoms with Crippen LogP contribution in [0.5, 0.6) is 11.5 Å². The fraction of sp³-hybridized carbons (Fsp3) is 0.500. The first-order chi connectivity index (χ1) is 23.3. The van der Waals surface area contributed by atoms with E-state index >= 15 is 0 Å². The van der Waals surface area contributed by atoms with Gasteiger partial charge in [-0.25, -0.2) is 0 Å². The van der Waals surface area contributed by atoms with E-state index in [1.807, 2.05) is 78.6 Å². The second kappa shape index (κ2) is 18.0. The number of hydrogen-bond acceptors (Lipinski definition) is 7. The largest absolute Gasteiger partial charge is 0.497 e. The first kappa shape index (κ1) is 36.9. The van der Waals surface area contributed by atoms with Crippen LogP contribution in [0.15, 0.2) is 78.9 Å². The normalized spacial score (nSPS) is 17.7. The number of carbonyl (C=O) groups excluding carboxylic acids is 2. The van der Waals surface area contributed by atoms with Crippen molar-refractivity contribution in [2.75, 3.05) is 34.5 Å². The van der Waals surface area contributed by atoms with Crippen molar-refractivity contribution in [1.29, 1.82) is 0 Å². The molecule has 1 saturated heterocycles. The molecule has 1 aliphatic rings. The van der Waals surface area contributed by atoms with Gasteiger partial charge in [0.25, 0.3) is 0 Å². The number of aliphatic hydroxyl groups excluding tert-OH is 1. The number of β-amino-alcohol motifs (C(OH)–C–C–N with tert-alkyl or cyclic N) is 1. The topological polar surface area (TPSA) is 94.5 Å². The van der Waals surface area contributed by atoms with Gasteiger partial charge in [0.15, 0.2) is 0 Å². The maximum atomic E-state index is 13.7. The SMILES string of the molecule is COC(=O)CCCCCCCCCCC(=O)N1C[C@H](O)C[C@@]1(C)COC(c1ccccc1)(c1ccc(OC)cc1)c1ccc(OC)cc1. The number of carbonyl (C=O) groups is 2. The molecule has 0 bridgehead atoms. The van der Waals surface area contributed by atoms with Gasteiger partial charge >= 0.3 is 5.97 Å². The lowest BCUT2D eigenvalue weighted by Crippen LogP contribution is -2.50. The van der Waals surface area contributed by atoms with Gasteiger partial charge in [0.05, 0.1) is 39.6 Å². The number of unbranched alkanes of at least 4 members (excludes halogenated alkanes) is 7. The van der Waals surface area contributed by atoms with Crippen molar-refractivity contribution in [2.45, 2.75) is 94.8 Å². The summed E-state index contributed by atoms with van der Waals surface area (Å²) in [7, 11) is 4.72. The fourth-order valence-corrected chi connectivity index (χ4v) is 6.83. The van der Waals surface area contributed by atoms with Crippen molar-refractivity contribution in [3.05, 3.63) is 95.6 Å². The molecule has 0 aromatic heterocycles. The molecule has 0 unspecified atom stereocenters. The van der Waals surface area contributed by atoms with Crippen LogP contribution in [0.2, 0.25) is 0 Å². The Morgan fingerprint density at radius 1 is 0.729 bits per heavy atom. The van der Waals surface area contributed by atoms with Crippen LogP contribution in [-0.4, -0.2) is 68.0 Å². The molecule has 48 heavy (non-hydrogen) atoms. The summed E-state index contributed by atoms with van der Waals surface area (Å²) < 4.78 is 22.8. The van der Waals surface area contributed by atoms with Gasteiger partial charge in [0.1, 0.15) is 17.1 Å². The van der Waals surface area contributed by atoms with Crippen LogP contribution in [-0.2, 0) is 24.7 Å². The van der Waals surface area contributed by atoms with E-state index in [4.69, 9.17) is 18.9 Å². The Hall–Kier alpha value is -3.88. The molecule has 8 nitrogen and oxygen atoms in total. The summed E-state index contributed by atoms with van der Waals surface area (Å²) in [6.07, 6.45) is 8.92. The molecule has 1 fully saturated rings. The Labute approximate surface area is 286 Å². The zero-order valence-electron chi connectivity index (χ0n) is 29.1. The Bertz CT molecular complexity index is 1360. The predicted octanol–water partition coefficient (Wildman–Crippen LogP) is 7.44. The first-order valence-corrected chi connectivity index (χ1v) is 17.3. The molecule has 4 rings (SSSR count). The quantitative estimate of drug-likeness (QED) is 0.0812. The Morgan fingerprint density at radius 3 is 1.71 bits per heavy atom. The third-order valence-corrected chi connectivity index (χ3v) is 9.54. The molecule has 2 atom stereocenters. The highest BCUT2D eigenvalue weighted by atomic mass is 16.5. The lowest BCUT2D eigenvalue weighted by molar-refractivity contribution is -0.141. The maximum absolute atomic E-state index is 13.7. The molecule has 260 valence electrons. The van der Waals surface area contributed by atoms with Crippen molar-refractivity contribution in [1.82, 2.24) is 4.90 Å². The standard InChI is InChI=1S/C40H53NO7/c1-39(28-34(42)29-41(39)37(43)18-14-9-7-5-6-8-10-15-19-38(44)47-4)30-48-40(31-16-12-11-13-17-31,32-20-24-35(45-2)25-21-32)33-22-26-36(46-3)27-23-33/h11-13,16-17,20-27,34,42H,5-10,14-15,18-19,28-30H2,1-4H3/t34-,39+/m1/s1. The highest BCUT2D eigenvalue weighted by molar-refractivity contribution is 5.77. The maximum Gasteiger partial charge on any atom is 0.305 e. The molecular weight excluding hydrogens is 606 g/mol. The molecule has 3 aromatic carbocycles. The van der Waals surface area contributed by atoms with Crippen molar-refractivity contribution in [3.63, 3.8) is 0 Å². The first-order valence-electron chi connectivity index (χ1n) is 17.3. The third-order valence-electron chi connectivity index (χ3n) is 9.54. The van der Waals surface area contributed by atoms with Gasteiger partial charge in [-0.3, -0.25) is 9.59 Å². The molecule has 1 aliphatic heterocycles. The van der Waals surface area contributed by atoms with Crippen LogP contribution in [0.4, 0.5) is 0 Å². The Morgan fingerprint density at radius 2 is 1.21 bits per heavy atom. The average Bonchev–Trinajstić information content (AvgIpc) is 3.43. The molecule has 3 aromatic rings. The Balaban J connectivity index is 1.47. The molecule has 0 saturated carbocycles. The lowest BCUT2D eigenvalue weighted by atomic mass is 9.79. The smallest absolute Gasteiger partial charge is 0.305 e. The van der Waals surface area contributed by atoms with E-state index in [1.165, 1.54) is 7.11 Å². The zero-order chi connectivity index (χ0) is 34.4. The summed E-state index contributed by atoms with van der Waals surface area (Å²) >= 11 is 0. The van der Waals surface area contributed by atoms with Gasteiger partial charge in [-0.2, -0.15) is 0 Å². The van der Waals surface area contributed by atoms with Gasteiger partial charge in [-0.15, -0.1) is 0 Å². The van der Waals surface area contributed by atoms with Crippen LogP contribution in [0, 0.1) is 0 Å². The molecule has 1 heterocycles. The molecule has 1 amide bonds. The minimum atomic E-state index is -1.01. The number of hydrogen-bond donors (Lipinski definition) is 1. The zero-order valence-corrected chi connectivity index (χ0v) is 29.1. The van der Waals surface area contributed by atoms with E-state index in [0.29, 0.717) is 25.8 Å². The van der Waals surface area contributed by atoms with Gasteiger partial charge in [-0.05, 0) is 60.7 Å². The fourth-order valence-electron chi connectivity index (χ4n) is 6.83. The van der Waals surface area contributed by atoms with Gasteiger partial charge in [0.2, 0.25) is 5.91 Å². The summed E-state index contributed by atoms with van der Waals surface area (Å²) in [5.74, 6) is 1.40. The third kappa shape index (κ3) is 9.38. The second-order valence-electron chi connectivity index (χ2n) is 13.1. The number of amides is 1. The molecule has 1 N–H and O–H groups in total. The van der Waals surface area contributed by atoms with Crippen molar-refractivity contribution in [3.8, 4) is 11.5 Å². The summed E-state index contributed by atoms with van der Waals surface area (Å²) in [5.41, 5.74) is 1.08. The second-order valence-corrected chi connectivity index (χ2v) is 13.1. The number of ether oxygens (including phenoxy) is 4. The number of benzene rings is 3. The van der Waals surface area contributed by atoms with Crippen molar-refractivity contribution in [2.24, 2.45) is 0 Å². The Kier molecular flexibility index (Phi) is 13.9. The highest BCUT2D eigenvalue weighted by Gasteiger charge is 2.47. The minimum Gasteiger partial charge on any atom is -0.497 e. The summed E-state index contributed by atoms with van der Waals surface area (Å²) in [4.78, 5) is 26.7.